The first-order valence-corrected chi connectivity index (χ1v) is 8.73. The molecule has 1 heterocycles. The van der Waals surface area contributed by atoms with Crippen LogP contribution in [0.25, 0.3) is 5.57 Å². The second-order valence-corrected chi connectivity index (χ2v) is 6.89. The van der Waals surface area contributed by atoms with Crippen molar-refractivity contribution >= 4 is 11.5 Å². The SMILES string of the molecule is CC(C)(NC(=O)/C=C(/c1ccccc1)C(F)(F)F)c1ccc2c(c1)OCCO2. The fraction of sp³-hybridized carbons (Fsp3) is 0.286. The number of halogens is 3. The lowest BCUT2D eigenvalue weighted by Crippen LogP contribution is -2.40. The number of carbonyl (C=O) groups excluding carboxylic acids is 1. The number of nitrogens with one attached hydrogen (secondary N) is 1. The maximum atomic E-state index is 13.4. The lowest BCUT2D eigenvalue weighted by molar-refractivity contribution is -0.118. The molecule has 4 nitrogen and oxygen atoms in total. The first-order valence-electron chi connectivity index (χ1n) is 8.73. The van der Waals surface area contributed by atoms with Crippen molar-refractivity contribution in [3.63, 3.8) is 0 Å². The summed E-state index contributed by atoms with van der Waals surface area (Å²) in [6.45, 7) is 4.29. The monoisotopic (exact) mass is 391 g/mol. The van der Waals surface area contributed by atoms with E-state index in [2.05, 4.69) is 5.32 Å². The largest absolute Gasteiger partial charge is 0.486 e. The normalized spacial score (nSPS) is 14.5. The van der Waals surface area contributed by atoms with Crippen LogP contribution in [0.5, 0.6) is 11.5 Å². The number of allylic oxidation sites excluding steroid dienone is 1. The molecule has 1 aliphatic rings. The molecular weight excluding hydrogens is 371 g/mol. The van der Waals surface area contributed by atoms with E-state index < -0.39 is 23.2 Å². The fourth-order valence-electron chi connectivity index (χ4n) is 2.93. The summed E-state index contributed by atoms with van der Waals surface area (Å²) < 4.78 is 51.3. The van der Waals surface area contributed by atoms with Gasteiger partial charge in [-0.05, 0) is 37.1 Å². The van der Waals surface area contributed by atoms with E-state index in [0.717, 1.165) is 0 Å². The van der Waals surface area contributed by atoms with Gasteiger partial charge in [0.1, 0.15) is 13.2 Å². The summed E-state index contributed by atoms with van der Waals surface area (Å²) >= 11 is 0. The first kappa shape index (κ1) is 19.8. The number of amides is 1. The van der Waals surface area contributed by atoms with E-state index in [4.69, 9.17) is 9.47 Å². The minimum absolute atomic E-state index is 0.0673. The van der Waals surface area contributed by atoms with Crippen LogP contribution in [0.2, 0.25) is 0 Å². The van der Waals surface area contributed by atoms with Gasteiger partial charge in [-0.2, -0.15) is 13.2 Å². The summed E-state index contributed by atoms with van der Waals surface area (Å²) in [6, 6.07) is 12.4. The highest BCUT2D eigenvalue weighted by Crippen LogP contribution is 2.35. The molecule has 148 valence electrons. The molecular formula is C21H20F3NO3. The minimum Gasteiger partial charge on any atom is -0.486 e. The predicted octanol–water partition coefficient (Wildman–Crippen LogP) is 4.46. The Morgan fingerprint density at radius 1 is 1.00 bits per heavy atom. The van der Waals surface area contributed by atoms with Crippen LogP contribution in [0.15, 0.2) is 54.6 Å². The number of alkyl halides is 3. The third-order valence-electron chi connectivity index (χ3n) is 4.37. The van der Waals surface area contributed by atoms with E-state index in [1.807, 2.05) is 0 Å². The Balaban J connectivity index is 1.85. The molecule has 2 aromatic rings. The lowest BCUT2D eigenvalue weighted by Gasteiger charge is -2.28. The second kappa shape index (κ2) is 7.58. The van der Waals surface area contributed by atoms with Gasteiger partial charge in [0.15, 0.2) is 11.5 Å². The van der Waals surface area contributed by atoms with Gasteiger partial charge in [0.05, 0.1) is 11.1 Å². The maximum absolute atomic E-state index is 13.4. The van der Waals surface area contributed by atoms with Crippen LogP contribution in [0.1, 0.15) is 25.0 Å². The van der Waals surface area contributed by atoms with Crippen molar-refractivity contribution in [3.05, 3.63) is 65.7 Å². The topological polar surface area (TPSA) is 47.6 Å². The van der Waals surface area contributed by atoms with E-state index in [0.29, 0.717) is 36.4 Å². The molecule has 0 unspecified atom stereocenters. The molecule has 28 heavy (non-hydrogen) atoms. The number of fused-ring (bicyclic) bond motifs is 1. The zero-order valence-corrected chi connectivity index (χ0v) is 15.5. The van der Waals surface area contributed by atoms with Crippen LogP contribution < -0.4 is 14.8 Å². The van der Waals surface area contributed by atoms with Gasteiger partial charge in [-0.3, -0.25) is 4.79 Å². The first-order chi connectivity index (χ1) is 13.2. The van der Waals surface area contributed by atoms with E-state index in [9.17, 15) is 18.0 Å². The Hall–Kier alpha value is -2.96. The summed E-state index contributed by atoms with van der Waals surface area (Å²) in [5, 5.41) is 2.64. The molecule has 0 atom stereocenters. The van der Waals surface area contributed by atoms with Crippen LogP contribution in [0.4, 0.5) is 13.2 Å². The van der Waals surface area contributed by atoms with E-state index >= 15 is 0 Å². The maximum Gasteiger partial charge on any atom is 0.417 e. The standard InChI is InChI=1S/C21H20F3NO3/c1-20(2,15-8-9-17-18(12-15)28-11-10-27-17)25-19(26)13-16(21(22,23)24)14-6-4-3-5-7-14/h3-9,12-13H,10-11H2,1-2H3,(H,25,26)/b16-13-. The summed E-state index contributed by atoms with van der Waals surface area (Å²) in [7, 11) is 0. The molecule has 0 aliphatic carbocycles. The van der Waals surface area contributed by atoms with Crippen molar-refractivity contribution in [1.29, 1.82) is 0 Å². The molecule has 0 saturated carbocycles. The molecule has 0 bridgehead atoms. The lowest BCUT2D eigenvalue weighted by atomic mass is 9.93. The number of benzene rings is 2. The Morgan fingerprint density at radius 3 is 2.29 bits per heavy atom. The van der Waals surface area contributed by atoms with Crippen LogP contribution in [0, 0.1) is 0 Å². The van der Waals surface area contributed by atoms with Crippen LogP contribution >= 0.6 is 0 Å². The van der Waals surface area contributed by atoms with Crippen molar-refractivity contribution in [1.82, 2.24) is 5.32 Å². The molecule has 1 aliphatic heterocycles. The molecule has 0 saturated heterocycles. The quantitative estimate of drug-likeness (QED) is 0.783. The highest BCUT2D eigenvalue weighted by atomic mass is 19.4. The molecule has 1 N–H and O–H groups in total. The zero-order chi connectivity index (χ0) is 20.4. The van der Waals surface area contributed by atoms with E-state index in [1.54, 1.807) is 38.1 Å². The molecule has 1 amide bonds. The Morgan fingerprint density at radius 2 is 1.64 bits per heavy atom. The number of hydrogen-bond acceptors (Lipinski definition) is 3. The summed E-state index contributed by atoms with van der Waals surface area (Å²) in [6.07, 6.45) is -4.06. The van der Waals surface area contributed by atoms with Crippen molar-refractivity contribution in [2.24, 2.45) is 0 Å². The van der Waals surface area contributed by atoms with Gasteiger partial charge in [-0.25, -0.2) is 0 Å². The van der Waals surface area contributed by atoms with Crippen molar-refractivity contribution in [2.45, 2.75) is 25.6 Å². The average molecular weight is 391 g/mol. The van der Waals surface area contributed by atoms with Gasteiger partial charge in [0.2, 0.25) is 5.91 Å². The highest BCUT2D eigenvalue weighted by molar-refractivity contribution is 5.96. The smallest absolute Gasteiger partial charge is 0.417 e. The van der Waals surface area contributed by atoms with Crippen molar-refractivity contribution < 1.29 is 27.4 Å². The third kappa shape index (κ3) is 4.47. The van der Waals surface area contributed by atoms with E-state index in [1.165, 1.54) is 24.3 Å². The molecule has 0 spiro atoms. The minimum atomic E-state index is -4.65. The van der Waals surface area contributed by atoms with Crippen molar-refractivity contribution in [2.75, 3.05) is 13.2 Å². The van der Waals surface area contributed by atoms with Gasteiger partial charge >= 0.3 is 6.18 Å². The number of rotatable bonds is 4. The molecule has 2 aromatic carbocycles. The van der Waals surface area contributed by atoms with Crippen LogP contribution in [-0.4, -0.2) is 25.3 Å². The Bertz CT molecular complexity index is 890. The van der Waals surface area contributed by atoms with Gasteiger partial charge < -0.3 is 14.8 Å². The van der Waals surface area contributed by atoms with Gasteiger partial charge in [0, 0.05) is 6.08 Å². The molecule has 0 aromatic heterocycles. The predicted molar refractivity (Wildman–Crippen MR) is 99.1 cm³/mol. The number of hydrogen-bond donors (Lipinski definition) is 1. The highest BCUT2D eigenvalue weighted by Gasteiger charge is 2.36. The molecule has 0 radical (unpaired) electrons. The average Bonchev–Trinajstić information content (AvgIpc) is 2.65. The fourth-order valence-corrected chi connectivity index (χ4v) is 2.93. The Labute approximate surface area is 161 Å². The molecule has 7 heteroatoms. The van der Waals surface area contributed by atoms with E-state index in [-0.39, 0.29) is 5.56 Å². The van der Waals surface area contributed by atoms with Gasteiger partial charge in [0.25, 0.3) is 0 Å². The number of ether oxygens (including phenoxy) is 2. The zero-order valence-electron chi connectivity index (χ0n) is 15.5. The summed E-state index contributed by atoms with van der Waals surface area (Å²) in [4.78, 5) is 12.4. The van der Waals surface area contributed by atoms with Crippen LogP contribution in [-0.2, 0) is 10.3 Å². The second-order valence-electron chi connectivity index (χ2n) is 6.89. The van der Waals surface area contributed by atoms with Gasteiger partial charge in [-0.1, -0.05) is 36.4 Å². The van der Waals surface area contributed by atoms with Gasteiger partial charge in [-0.15, -0.1) is 0 Å². The number of carbonyl (C=O) groups is 1. The summed E-state index contributed by atoms with van der Waals surface area (Å²) in [5.74, 6) is 0.304. The Kier molecular flexibility index (Phi) is 5.36. The summed E-state index contributed by atoms with van der Waals surface area (Å²) in [5.41, 5.74) is -1.30. The van der Waals surface area contributed by atoms with Crippen molar-refractivity contribution in [3.8, 4) is 11.5 Å². The third-order valence-corrected chi connectivity index (χ3v) is 4.37. The van der Waals surface area contributed by atoms with Crippen LogP contribution in [0.3, 0.4) is 0 Å². The molecule has 3 rings (SSSR count). The molecule has 0 fully saturated rings.